The molecule has 0 aromatic rings. The van der Waals surface area contributed by atoms with E-state index in [4.69, 9.17) is 14.2 Å². The van der Waals surface area contributed by atoms with E-state index in [0.29, 0.717) is 42.6 Å². The molecule has 2 aliphatic heterocycles. The van der Waals surface area contributed by atoms with E-state index in [2.05, 4.69) is 15.4 Å². The third kappa shape index (κ3) is 7.06. The molecule has 0 spiro atoms. The molecule has 0 aliphatic carbocycles. The standard InChI is InChI=1S/C19H33N3O6S/c1-6-26-17(12-7-8-13(23)21-12)29-22-14(24)9-10-20-16(25)15-18(2,3)11-27-19(4,5)28-15/h12,15,29H,6-11H2,1-5H3,(H,20,25)(H,21,23)(H,22,24)/t12?,15-/m0/s1. The fourth-order valence-electron chi connectivity index (χ4n) is 3.04. The third-order valence-corrected chi connectivity index (χ3v) is 5.69. The highest BCUT2D eigenvalue weighted by molar-refractivity contribution is 7.97. The zero-order valence-electron chi connectivity index (χ0n) is 17.8. The zero-order valence-corrected chi connectivity index (χ0v) is 18.7. The van der Waals surface area contributed by atoms with Crippen molar-refractivity contribution in [2.24, 2.45) is 5.41 Å². The van der Waals surface area contributed by atoms with Gasteiger partial charge < -0.3 is 29.6 Å². The summed E-state index contributed by atoms with van der Waals surface area (Å²) in [5, 5.41) is 6.22. The maximum atomic E-state index is 12.5. The molecule has 2 saturated heterocycles. The van der Waals surface area contributed by atoms with Crippen molar-refractivity contribution < 1.29 is 28.6 Å². The van der Waals surface area contributed by atoms with Crippen LogP contribution in [0.4, 0.5) is 0 Å². The van der Waals surface area contributed by atoms with Crippen molar-refractivity contribution in [3.8, 4) is 0 Å². The van der Waals surface area contributed by atoms with E-state index in [0.717, 1.165) is 0 Å². The minimum absolute atomic E-state index is 0.0159. The van der Waals surface area contributed by atoms with Crippen molar-refractivity contribution in [2.75, 3.05) is 19.8 Å². The molecule has 166 valence electrons. The molecular formula is C19H33N3O6S. The Balaban J connectivity index is 1.81. The van der Waals surface area contributed by atoms with Crippen LogP contribution in [0, 0.1) is 5.41 Å². The first-order valence-corrected chi connectivity index (χ1v) is 10.8. The van der Waals surface area contributed by atoms with Gasteiger partial charge in [0.15, 0.2) is 5.79 Å². The van der Waals surface area contributed by atoms with Gasteiger partial charge in [-0.3, -0.25) is 14.4 Å². The van der Waals surface area contributed by atoms with E-state index >= 15 is 0 Å². The van der Waals surface area contributed by atoms with Crippen LogP contribution < -0.4 is 15.4 Å². The Labute approximate surface area is 175 Å². The number of hydrogen-bond donors (Lipinski definition) is 4. The van der Waals surface area contributed by atoms with Crippen LogP contribution in [-0.2, 0) is 28.6 Å². The van der Waals surface area contributed by atoms with Gasteiger partial charge in [-0.1, -0.05) is 25.4 Å². The van der Waals surface area contributed by atoms with E-state index in [9.17, 15) is 14.4 Å². The average molecular weight is 432 g/mol. The highest BCUT2D eigenvalue weighted by atomic mass is 32.1. The van der Waals surface area contributed by atoms with Gasteiger partial charge in [0.2, 0.25) is 17.7 Å². The molecule has 2 atom stereocenters. The van der Waals surface area contributed by atoms with Gasteiger partial charge in [0.25, 0.3) is 0 Å². The molecule has 0 bridgehead atoms. The van der Waals surface area contributed by atoms with Gasteiger partial charge in [-0.15, -0.1) is 0 Å². The molecule has 2 fully saturated rings. The van der Waals surface area contributed by atoms with Crippen molar-refractivity contribution >= 4 is 34.3 Å². The zero-order chi connectivity index (χ0) is 21.7. The van der Waals surface area contributed by atoms with Gasteiger partial charge in [0, 0.05) is 24.8 Å². The van der Waals surface area contributed by atoms with Crippen LogP contribution in [0.15, 0.2) is 0 Å². The Morgan fingerprint density at radius 1 is 1.31 bits per heavy atom. The first-order chi connectivity index (χ1) is 13.5. The number of carbonyl (C=O) groups is 3. The molecule has 9 nitrogen and oxygen atoms in total. The number of amides is 3. The lowest BCUT2D eigenvalue weighted by atomic mass is 9.85. The summed E-state index contributed by atoms with van der Waals surface area (Å²) in [5.41, 5.74) is -0.465. The third-order valence-electron chi connectivity index (χ3n) is 4.67. The number of hydrogen-bond acceptors (Lipinski definition) is 6. The lowest BCUT2D eigenvalue weighted by Gasteiger charge is -2.44. The van der Waals surface area contributed by atoms with Gasteiger partial charge in [-0.25, -0.2) is 0 Å². The number of ether oxygens (including phenoxy) is 3. The van der Waals surface area contributed by atoms with Crippen LogP contribution in [-0.4, -0.2) is 60.5 Å². The second kappa shape index (κ2) is 10.0. The molecule has 3 N–H and O–H groups in total. The van der Waals surface area contributed by atoms with Crippen LogP contribution in [0.25, 0.3) is 0 Å². The smallest absolute Gasteiger partial charge is 0.249 e. The minimum atomic E-state index is -0.824. The highest BCUT2D eigenvalue weighted by Crippen LogP contribution is 2.34. The van der Waals surface area contributed by atoms with E-state index < -0.39 is 17.3 Å². The molecule has 3 amide bonds. The summed E-state index contributed by atoms with van der Waals surface area (Å²) in [7, 11) is 0. The minimum Gasteiger partial charge on any atom is -0.353 e. The monoisotopic (exact) mass is 431 g/mol. The average Bonchev–Trinajstić information content (AvgIpc) is 3.07. The Morgan fingerprint density at radius 2 is 2.03 bits per heavy atom. The molecule has 0 aromatic carbocycles. The second-order valence-electron chi connectivity index (χ2n) is 8.29. The van der Waals surface area contributed by atoms with Crippen molar-refractivity contribution in [1.29, 1.82) is 0 Å². The summed E-state index contributed by atoms with van der Waals surface area (Å²) in [5.74, 6) is -1.32. The van der Waals surface area contributed by atoms with Gasteiger partial charge in [-0.05, 0) is 27.2 Å². The van der Waals surface area contributed by atoms with E-state index in [1.807, 2.05) is 20.8 Å². The van der Waals surface area contributed by atoms with Gasteiger partial charge in [-0.2, -0.15) is 0 Å². The number of nitrogens with one attached hydrogen (secondary N) is 3. The number of thiol groups is 1. The predicted molar refractivity (Wildman–Crippen MR) is 111 cm³/mol. The lowest BCUT2D eigenvalue weighted by molar-refractivity contribution is -0.304. The maximum Gasteiger partial charge on any atom is 0.249 e. The molecule has 2 aliphatic rings. The normalized spacial score (nSPS) is 26.2. The van der Waals surface area contributed by atoms with Gasteiger partial charge >= 0.3 is 0 Å². The first kappa shape index (κ1) is 23.8. The lowest BCUT2D eigenvalue weighted by Crippen LogP contribution is -2.56. The molecule has 0 aromatic heterocycles. The molecule has 10 heteroatoms. The predicted octanol–water partition coefficient (Wildman–Crippen LogP) is 0.612. The van der Waals surface area contributed by atoms with E-state index in [1.165, 1.54) is 0 Å². The Hall–Kier alpha value is -1.49. The largest absolute Gasteiger partial charge is 0.353 e. The number of carbonyl (C=O) groups excluding carboxylic acids is 3. The van der Waals surface area contributed by atoms with E-state index in [1.54, 1.807) is 13.8 Å². The summed E-state index contributed by atoms with van der Waals surface area (Å²) in [6.07, 6.45) is 0.585. The van der Waals surface area contributed by atoms with Crippen molar-refractivity contribution in [2.45, 2.75) is 71.8 Å². The molecule has 29 heavy (non-hydrogen) atoms. The number of rotatable bonds is 7. The van der Waals surface area contributed by atoms with Gasteiger partial charge in [0.05, 0.1) is 19.3 Å². The Kier molecular flexibility index (Phi) is 8.21. The maximum absolute atomic E-state index is 12.5. The molecule has 1 unspecified atom stereocenters. The van der Waals surface area contributed by atoms with Crippen LogP contribution in [0.2, 0.25) is 0 Å². The topological polar surface area (TPSA) is 115 Å². The molecule has 0 radical (unpaired) electrons. The van der Waals surface area contributed by atoms with Crippen LogP contribution in [0.3, 0.4) is 0 Å². The first-order valence-electron chi connectivity index (χ1n) is 9.92. The summed E-state index contributed by atoms with van der Waals surface area (Å²) >= 11 is 0.510. The van der Waals surface area contributed by atoms with Crippen molar-refractivity contribution in [3.63, 3.8) is 0 Å². The Bertz CT molecular complexity index is 664. The fourth-order valence-corrected chi connectivity index (χ4v) is 3.93. The van der Waals surface area contributed by atoms with Crippen LogP contribution >= 0.6 is 11.5 Å². The molecular weight excluding hydrogens is 398 g/mol. The molecule has 2 rings (SSSR count). The summed E-state index contributed by atoms with van der Waals surface area (Å²) in [4.78, 5) is 36.1. The Morgan fingerprint density at radius 3 is 2.66 bits per heavy atom. The molecule has 2 heterocycles. The quantitative estimate of drug-likeness (QED) is 0.347. The van der Waals surface area contributed by atoms with Crippen LogP contribution in [0.1, 0.15) is 53.9 Å². The molecule has 0 saturated carbocycles. The summed E-state index contributed by atoms with van der Waals surface area (Å²) in [6, 6.07) is -0.180. The van der Waals surface area contributed by atoms with Crippen molar-refractivity contribution in [3.05, 3.63) is 0 Å². The second-order valence-corrected chi connectivity index (χ2v) is 9.18. The van der Waals surface area contributed by atoms with Gasteiger partial charge in [0.1, 0.15) is 11.2 Å². The SMILES string of the molecule is CCOC(=[SH]NC(=O)CCNC(=O)[C@@H]1OC(C)(C)OCC1(C)C)C1CCC(=O)N1. The van der Waals surface area contributed by atoms with E-state index in [-0.39, 0.29) is 36.7 Å². The fraction of sp³-hybridized carbons (Fsp3) is 0.789. The van der Waals surface area contributed by atoms with Crippen molar-refractivity contribution in [1.82, 2.24) is 15.4 Å². The van der Waals surface area contributed by atoms with Crippen LogP contribution in [0.5, 0.6) is 0 Å². The summed E-state index contributed by atoms with van der Waals surface area (Å²) in [6.45, 7) is 10.3. The highest BCUT2D eigenvalue weighted by Gasteiger charge is 2.45. The summed E-state index contributed by atoms with van der Waals surface area (Å²) < 4.78 is 19.7.